The molecule has 0 radical (unpaired) electrons. The summed E-state index contributed by atoms with van der Waals surface area (Å²) in [7, 11) is 0. The minimum atomic E-state index is -0.850. The van der Waals surface area contributed by atoms with Crippen molar-refractivity contribution in [2.75, 3.05) is 0 Å². The van der Waals surface area contributed by atoms with Crippen molar-refractivity contribution in [3.8, 4) is 28.0 Å². The van der Waals surface area contributed by atoms with E-state index in [1.54, 1.807) is 12.1 Å². The van der Waals surface area contributed by atoms with Gasteiger partial charge in [-0.2, -0.15) is 0 Å². The van der Waals surface area contributed by atoms with Gasteiger partial charge < -0.3 is 14.8 Å². The quantitative estimate of drug-likeness (QED) is 0.622. The Balaban J connectivity index is 2.03. The van der Waals surface area contributed by atoms with Crippen molar-refractivity contribution in [1.29, 1.82) is 0 Å². The number of phenols is 1. The number of fused-ring (bicyclic) bond motifs is 1. The van der Waals surface area contributed by atoms with Gasteiger partial charge in [0.1, 0.15) is 5.75 Å². The average Bonchev–Trinajstić information content (AvgIpc) is 3.07. The van der Waals surface area contributed by atoms with Gasteiger partial charge in [0.05, 0.1) is 6.42 Å². The van der Waals surface area contributed by atoms with Crippen LogP contribution in [0.2, 0.25) is 5.02 Å². The molecule has 1 aromatic heterocycles. The molecule has 1 aliphatic rings. The van der Waals surface area contributed by atoms with Crippen molar-refractivity contribution in [2.45, 2.75) is 33.2 Å². The van der Waals surface area contributed by atoms with Gasteiger partial charge in [0.25, 0.3) is 0 Å². The molecule has 0 bridgehead atoms. The van der Waals surface area contributed by atoms with Crippen molar-refractivity contribution in [3.63, 3.8) is 0 Å². The molecule has 28 heavy (non-hydrogen) atoms. The molecule has 0 fully saturated rings. The molecule has 0 amide bonds. The largest absolute Gasteiger partial charge is 0.508 e. The van der Waals surface area contributed by atoms with Crippen LogP contribution in [0.25, 0.3) is 22.3 Å². The monoisotopic (exact) mass is 395 g/mol. The van der Waals surface area contributed by atoms with Crippen LogP contribution in [0.5, 0.6) is 5.75 Å². The van der Waals surface area contributed by atoms with Crippen molar-refractivity contribution in [1.82, 2.24) is 4.57 Å². The average molecular weight is 396 g/mol. The lowest BCUT2D eigenvalue weighted by molar-refractivity contribution is -0.136. The first-order chi connectivity index (χ1) is 13.2. The van der Waals surface area contributed by atoms with Crippen LogP contribution in [0.1, 0.15) is 25.2 Å². The van der Waals surface area contributed by atoms with Gasteiger partial charge in [0.15, 0.2) is 0 Å². The predicted molar refractivity (Wildman–Crippen MR) is 111 cm³/mol. The van der Waals surface area contributed by atoms with E-state index in [1.807, 2.05) is 36.4 Å². The summed E-state index contributed by atoms with van der Waals surface area (Å²) < 4.78 is 2.18. The van der Waals surface area contributed by atoms with Crippen LogP contribution in [0.15, 0.2) is 48.5 Å². The van der Waals surface area contributed by atoms with Gasteiger partial charge in [-0.1, -0.05) is 49.7 Å². The molecule has 2 heterocycles. The van der Waals surface area contributed by atoms with Gasteiger partial charge in [0.2, 0.25) is 0 Å². The highest BCUT2D eigenvalue weighted by atomic mass is 35.5. The molecule has 0 unspecified atom stereocenters. The molecular formula is C23H22ClNO3. The second kappa shape index (κ2) is 6.71. The molecule has 0 atom stereocenters. The zero-order valence-electron chi connectivity index (χ0n) is 15.9. The van der Waals surface area contributed by atoms with Gasteiger partial charge in [-0.25, -0.2) is 0 Å². The first kappa shape index (κ1) is 18.6. The second-order valence-electron chi connectivity index (χ2n) is 8.19. The lowest BCUT2D eigenvalue weighted by Crippen LogP contribution is -2.15. The highest BCUT2D eigenvalue weighted by Crippen LogP contribution is 2.47. The summed E-state index contributed by atoms with van der Waals surface area (Å²) in [6.45, 7) is 5.18. The van der Waals surface area contributed by atoms with Gasteiger partial charge >= 0.3 is 5.97 Å². The van der Waals surface area contributed by atoms with E-state index in [2.05, 4.69) is 18.4 Å². The topological polar surface area (TPSA) is 62.5 Å². The van der Waals surface area contributed by atoms with E-state index in [1.165, 1.54) is 0 Å². The summed E-state index contributed by atoms with van der Waals surface area (Å²) in [5.74, 6) is -0.642. The number of carboxylic acids is 1. The zero-order valence-corrected chi connectivity index (χ0v) is 16.6. The number of aliphatic carboxylic acids is 1. The van der Waals surface area contributed by atoms with E-state index in [4.69, 9.17) is 11.6 Å². The Kier molecular flexibility index (Phi) is 4.47. The van der Waals surface area contributed by atoms with Crippen LogP contribution >= 0.6 is 11.6 Å². The molecule has 3 aromatic rings. The highest BCUT2D eigenvalue weighted by molar-refractivity contribution is 6.30. The molecule has 4 nitrogen and oxygen atoms in total. The number of carbonyl (C=O) groups is 1. The van der Waals surface area contributed by atoms with Gasteiger partial charge in [-0.15, -0.1) is 0 Å². The Bertz CT molecular complexity index is 1050. The van der Waals surface area contributed by atoms with E-state index in [-0.39, 0.29) is 17.6 Å². The molecule has 5 heteroatoms. The number of hydrogen-bond acceptors (Lipinski definition) is 2. The maximum absolute atomic E-state index is 11.7. The van der Waals surface area contributed by atoms with Crippen LogP contribution in [0.3, 0.4) is 0 Å². The molecule has 0 saturated carbocycles. The second-order valence-corrected chi connectivity index (χ2v) is 8.63. The molecule has 144 valence electrons. The van der Waals surface area contributed by atoms with Crippen LogP contribution in [0, 0.1) is 5.41 Å². The smallest absolute Gasteiger partial charge is 0.309 e. The number of rotatable bonds is 4. The summed E-state index contributed by atoms with van der Waals surface area (Å²) in [5.41, 5.74) is 5.94. The molecule has 2 aromatic carbocycles. The van der Waals surface area contributed by atoms with E-state index >= 15 is 0 Å². The van der Waals surface area contributed by atoms with E-state index in [0.717, 1.165) is 46.6 Å². The normalized spacial score (nSPS) is 14.8. The van der Waals surface area contributed by atoms with Crippen molar-refractivity contribution >= 4 is 17.6 Å². The minimum Gasteiger partial charge on any atom is -0.508 e. The minimum absolute atomic E-state index is 0.0425. The summed E-state index contributed by atoms with van der Waals surface area (Å²) in [6.07, 6.45) is 0.822. The van der Waals surface area contributed by atoms with E-state index < -0.39 is 5.97 Å². The molecule has 1 aliphatic heterocycles. The highest BCUT2D eigenvalue weighted by Gasteiger charge is 2.36. The molecule has 2 N–H and O–H groups in total. The standard InChI is InChI=1S/C23H22ClNO3/c1-23(2)12-19-22(15-5-9-17(26)10-6-15)21(14-3-7-16(24)8-4-14)18(11-20(27)28)25(19)13-23/h3-10,26H,11-13H2,1-2H3,(H,27,28). The first-order valence-corrected chi connectivity index (χ1v) is 9.64. The van der Waals surface area contributed by atoms with Crippen molar-refractivity contribution < 1.29 is 15.0 Å². The van der Waals surface area contributed by atoms with Gasteiger partial charge in [0, 0.05) is 34.1 Å². The van der Waals surface area contributed by atoms with Gasteiger partial charge in [-0.05, 0) is 47.2 Å². The summed E-state index contributed by atoms with van der Waals surface area (Å²) >= 11 is 6.08. The molecule has 0 spiro atoms. The predicted octanol–water partition coefficient (Wildman–Crippen LogP) is 5.39. The van der Waals surface area contributed by atoms with Gasteiger partial charge in [-0.3, -0.25) is 4.79 Å². The van der Waals surface area contributed by atoms with E-state index in [9.17, 15) is 15.0 Å². The maximum Gasteiger partial charge on any atom is 0.309 e. The number of aromatic nitrogens is 1. The Hall–Kier alpha value is -2.72. The fraction of sp³-hybridized carbons (Fsp3) is 0.261. The number of aromatic hydroxyl groups is 1. The van der Waals surface area contributed by atoms with Crippen LogP contribution in [-0.4, -0.2) is 20.7 Å². The summed E-state index contributed by atoms with van der Waals surface area (Å²) in [5, 5.41) is 20.0. The Morgan fingerprint density at radius 3 is 2.21 bits per heavy atom. The number of benzene rings is 2. The Labute approximate surface area is 169 Å². The van der Waals surface area contributed by atoms with Crippen molar-refractivity contribution in [2.24, 2.45) is 5.41 Å². The van der Waals surface area contributed by atoms with Crippen LogP contribution < -0.4 is 0 Å². The number of nitrogens with zero attached hydrogens (tertiary/aromatic N) is 1. The van der Waals surface area contributed by atoms with E-state index in [0.29, 0.717) is 5.02 Å². The Morgan fingerprint density at radius 1 is 1.04 bits per heavy atom. The van der Waals surface area contributed by atoms with Crippen LogP contribution in [-0.2, 0) is 24.2 Å². The fourth-order valence-electron chi connectivity index (χ4n) is 4.23. The summed E-state index contributed by atoms with van der Waals surface area (Å²) in [4.78, 5) is 11.7. The third-order valence-electron chi connectivity index (χ3n) is 5.32. The number of hydrogen-bond donors (Lipinski definition) is 2. The molecular weight excluding hydrogens is 374 g/mol. The zero-order chi connectivity index (χ0) is 20.1. The molecule has 0 saturated heterocycles. The third kappa shape index (κ3) is 3.29. The number of halogens is 1. The third-order valence-corrected chi connectivity index (χ3v) is 5.57. The molecule has 0 aliphatic carbocycles. The first-order valence-electron chi connectivity index (χ1n) is 9.26. The number of phenolic OH excluding ortho intramolecular Hbond substituents is 1. The van der Waals surface area contributed by atoms with Crippen LogP contribution in [0.4, 0.5) is 0 Å². The van der Waals surface area contributed by atoms with Crippen molar-refractivity contribution in [3.05, 3.63) is 64.9 Å². The SMILES string of the molecule is CC1(C)Cc2c(-c3ccc(O)cc3)c(-c3ccc(Cl)cc3)c(CC(=O)O)n2C1. The lowest BCUT2D eigenvalue weighted by Gasteiger charge is -2.18. The Morgan fingerprint density at radius 2 is 1.61 bits per heavy atom. The molecule has 4 rings (SSSR count). The number of carboxylic acid groups (broad SMARTS) is 1. The maximum atomic E-state index is 11.7. The summed E-state index contributed by atoms with van der Waals surface area (Å²) in [6, 6.07) is 14.6. The fourth-order valence-corrected chi connectivity index (χ4v) is 4.35. The lowest BCUT2D eigenvalue weighted by atomic mass is 9.86.